The summed E-state index contributed by atoms with van der Waals surface area (Å²) in [5.74, 6) is 0.613. The Morgan fingerprint density at radius 3 is 2.55 bits per heavy atom. The number of anilines is 1. The molecule has 0 saturated carbocycles. The van der Waals surface area contributed by atoms with Crippen LogP contribution in [0.5, 0.6) is 11.8 Å². The van der Waals surface area contributed by atoms with Crippen molar-refractivity contribution in [3.8, 4) is 23.0 Å². The molecule has 42 heavy (non-hydrogen) atoms. The first kappa shape index (κ1) is 28.5. The summed E-state index contributed by atoms with van der Waals surface area (Å²) in [7, 11) is 4.61. The lowest BCUT2D eigenvalue weighted by Gasteiger charge is -2.34. The third kappa shape index (κ3) is 5.45. The molecular weight excluding hydrogens is 541 g/mol. The first-order valence-electron chi connectivity index (χ1n) is 14.3. The number of nitrogens with zero attached hydrogens (tertiary/aromatic N) is 4. The Morgan fingerprint density at radius 1 is 1.05 bits per heavy atom. The van der Waals surface area contributed by atoms with Crippen LogP contribution >= 0.6 is 0 Å². The van der Waals surface area contributed by atoms with Crippen molar-refractivity contribution in [2.45, 2.75) is 44.6 Å². The van der Waals surface area contributed by atoms with Gasteiger partial charge in [0.1, 0.15) is 29.4 Å². The van der Waals surface area contributed by atoms with Crippen LogP contribution < -0.4 is 19.7 Å². The molecule has 222 valence electrons. The van der Waals surface area contributed by atoms with E-state index in [-0.39, 0.29) is 30.6 Å². The smallest absolute Gasteiger partial charge is 0.319 e. The third-order valence-electron chi connectivity index (χ3n) is 8.05. The van der Waals surface area contributed by atoms with Crippen LogP contribution in [0.1, 0.15) is 25.3 Å². The standard InChI is InChI=1S/C31H36FN5O5/c1-5-18-7-6-8-19-11-22(42-17-38-2)12-23(26(18)19)28-27(32)29-24(13-33-28)30(37-14-20-9-10-21(15-37)34-20)36-31(35-29)41-16-25(39-3)40-4/h6-8,11-13,20-21,25,34H,5,9-10,14-17H2,1-4H3. The highest BCUT2D eigenvalue weighted by Gasteiger charge is 2.34. The lowest BCUT2D eigenvalue weighted by Crippen LogP contribution is -2.51. The molecule has 2 aromatic carbocycles. The maximum atomic E-state index is 16.8. The second-order valence-electron chi connectivity index (χ2n) is 10.7. The minimum Gasteiger partial charge on any atom is -0.468 e. The summed E-state index contributed by atoms with van der Waals surface area (Å²) in [6.45, 7) is 3.71. The van der Waals surface area contributed by atoms with E-state index in [1.165, 1.54) is 14.2 Å². The summed E-state index contributed by atoms with van der Waals surface area (Å²) in [6.07, 6.45) is 4.03. The average Bonchev–Trinajstić information content (AvgIpc) is 3.36. The molecule has 4 aromatic rings. The van der Waals surface area contributed by atoms with E-state index in [1.807, 2.05) is 30.3 Å². The van der Waals surface area contributed by atoms with Gasteiger partial charge in [-0.2, -0.15) is 9.97 Å². The molecule has 11 heteroatoms. The minimum absolute atomic E-state index is 0.0493. The average molecular weight is 578 g/mol. The number of hydrogen-bond acceptors (Lipinski definition) is 10. The second kappa shape index (κ2) is 12.3. The number of nitrogens with one attached hydrogen (secondary N) is 1. The van der Waals surface area contributed by atoms with Gasteiger partial charge in [-0.05, 0) is 47.7 Å². The number of piperazine rings is 1. The van der Waals surface area contributed by atoms with Crippen molar-refractivity contribution in [2.75, 3.05) is 52.7 Å². The zero-order valence-electron chi connectivity index (χ0n) is 24.4. The highest BCUT2D eigenvalue weighted by atomic mass is 19.1. The first-order chi connectivity index (χ1) is 20.5. The largest absolute Gasteiger partial charge is 0.468 e. The molecule has 6 rings (SSSR count). The number of fused-ring (bicyclic) bond motifs is 4. The van der Waals surface area contributed by atoms with Gasteiger partial charge in [0.25, 0.3) is 0 Å². The van der Waals surface area contributed by atoms with Gasteiger partial charge in [-0.25, -0.2) is 4.39 Å². The molecule has 2 bridgehead atoms. The van der Waals surface area contributed by atoms with Gasteiger partial charge in [0.2, 0.25) is 0 Å². The lowest BCUT2D eigenvalue weighted by molar-refractivity contribution is -0.123. The summed E-state index contributed by atoms with van der Waals surface area (Å²) in [5, 5.41) is 6.02. The predicted octanol–water partition coefficient (Wildman–Crippen LogP) is 4.47. The Hall–Kier alpha value is -3.64. The lowest BCUT2D eigenvalue weighted by atomic mass is 9.95. The first-order valence-corrected chi connectivity index (χ1v) is 14.3. The zero-order valence-corrected chi connectivity index (χ0v) is 24.4. The molecule has 2 aromatic heterocycles. The molecule has 2 aliphatic rings. The third-order valence-corrected chi connectivity index (χ3v) is 8.05. The van der Waals surface area contributed by atoms with E-state index in [0.29, 0.717) is 34.6 Å². The van der Waals surface area contributed by atoms with E-state index < -0.39 is 12.1 Å². The molecule has 4 heterocycles. The van der Waals surface area contributed by atoms with E-state index >= 15 is 4.39 Å². The number of rotatable bonds is 11. The monoisotopic (exact) mass is 577 g/mol. The molecule has 2 fully saturated rings. The number of pyridine rings is 1. The van der Waals surface area contributed by atoms with E-state index in [0.717, 1.165) is 48.7 Å². The van der Waals surface area contributed by atoms with Crippen LogP contribution in [-0.4, -0.2) is 81.1 Å². The fourth-order valence-electron chi connectivity index (χ4n) is 6.03. The zero-order chi connectivity index (χ0) is 29.2. The van der Waals surface area contributed by atoms with E-state index in [4.69, 9.17) is 33.7 Å². The summed E-state index contributed by atoms with van der Waals surface area (Å²) >= 11 is 0. The van der Waals surface area contributed by atoms with Gasteiger partial charge in [-0.3, -0.25) is 4.98 Å². The number of aromatic nitrogens is 3. The van der Waals surface area contributed by atoms with E-state index in [2.05, 4.69) is 22.1 Å². The van der Waals surface area contributed by atoms with Crippen molar-refractivity contribution in [3.63, 3.8) is 0 Å². The summed E-state index contributed by atoms with van der Waals surface area (Å²) < 4.78 is 44.1. The maximum Gasteiger partial charge on any atom is 0.319 e. The van der Waals surface area contributed by atoms with E-state index in [1.54, 1.807) is 13.3 Å². The number of aryl methyl sites for hydroxylation is 1. The molecule has 2 atom stereocenters. The Balaban J connectivity index is 1.52. The number of halogens is 1. The van der Waals surface area contributed by atoms with Crippen molar-refractivity contribution in [3.05, 3.63) is 47.9 Å². The molecule has 1 N–H and O–H groups in total. The second-order valence-corrected chi connectivity index (χ2v) is 10.7. The number of ether oxygens (including phenoxy) is 5. The molecule has 2 saturated heterocycles. The SMILES string of the molecule is CCc1cccc2cc(OCOC)cc(-c3ncc4c(N5CC6CCC(C5)N6)nc(OCC(OC)OC)nc4c3F)c12. The molecule has 10 nitrogen and oxygen atoms in total. The molecule has 2 aliphatic heterocycles. The predicted molar refractivity (Wildman–Crippen MR) is 158 cm³/mol. The molecule has 0 radical (unpaired) electrons. The van der Waals surface area contributed by atoms with Gasteiger partial charge in [0, 0.05) is 58.3 Å². The van der Waals surface area contributed by atoms with Crippen LogP contribution in [0.4, 0.5) is 10.2 Å². The van der Waals surface area contributed by atoms with Gasteiger partial charge in [0.05, 0.1) is 5.39 Å². The summed E-state index contributed by atoms with van der Waals surface area (Å²) in [4.78, 5) is 16.2. The van der Waals surface area contributed by atoms with Crippen LogP contribution in [0.15, 0.2) is 36.5 Å². The fraction of sp³-hybridized carbons (Fsp3) is 0.452. The van der Waals surface area contributed by atoms with Gasteiger partial charge in [-0.15, -0.1) is 0 Å². The van der Waals surface area contributed by atoms with Gasteiger partial charge in [-0.1, -0.05) is 25.1 Å². The van der Waals surface area contributed by atoms with Crippen molar-refractivity contribution in [1.82, 2.24) is 20.3 Å². The quantitative estimate of drug-likeness (QED) is 0.257. The Morgan fingerprint density at radius 2 is 1.83 bits per heavy atom. The van der Waals surface area contributed by atoms with Crippen LogP contribution in [0.25, 0.3) is 32.9 Å². The molecule has 0 amide bonds. The van der Waals surface area contributed by atoms with Crippen molar-refractivity contribution < 1.29 is 28.1 Å². The number of hydrogen-bond donors (Lipinski definition) is 1. The molecule has 0 spiro atoms. The highest BCUT2D eigenvalue weighted by Crippen LogP contribution is 2.39. The molecular formula is C31H36FN5O5. The van der Waals surface area contributed by atoms with Crippen LogP contribution in [-0.2, 0) is 20.6 Å². The molecule has 2 unspecified atom stereocenters. The highest BCUT2D eigenvalue weighted by molar-refractivity contribution is 6.01. The van der Waals surface area contributed by atoms with Crippen molar-refractivity contribution in [2.24, 2.45) is 0 Å². The number of benzene rings is 2. The van der Waals surface area contributed by atoms with E-state index in [9.17, 15) is 0 Å². The Bertz CT molecular complexity index is 1570. The molecule has 0 aliphatic carbocycles. The number of methoxy groups -OCH3 is 3. The maximum absolute atomic E-state index is 16.8. The normalized spacial score (nSPS) is 18.4. The van der Waals surface area contributed by atoms with Gasteiger partial charge < -0.3 is 33.9 Å². The van der Waals surface area contributed by atoms with Gasteiger partial charge >= 0.3 is 6.01 Å². The summed E-state index contributed by atoms with van der Waals surface area (Å²) in [6, 6.07) is 10.5. The van der Waals surface area contributed by atoms with Crippen LogP contribution in [0.2, 0.25) is 0 Å². The van der Waals surface area contributed by atoms with Crippen LogP contribution in [0.3, 0.4) is 0 Å². The van der Waals surface area contributed by atoms with Crippen LogP contribution in [0, 0.1) is 5.82 Å². The summed E-state index contributed by atoms with van der Waals surface area (Å²) in [5.41, 5.74) is 2.02. The van der Waals surface area contributed by atoms with Crippen molar-refractivity contribution in [1.29, 1.82) is 0 Å². The minimum atomic E-state index is -0.616. The topological polar surface area (TPSA) is 100 Å². The fourth-order valence-corrected chi connectivity index (χ4v) is 6.03. The van der Waals surface area contributed by atoms with Gasteiger partial charge in [0.15, 0.2) is 18.9 Å². The Labute approximate surface area is 244 Å². The van der Waals surface area contributed by atoms with Crippen molar-refractivity contribution >= 4 is 27.5 Å². The Kier molecular flexibility index (Phi) is 8.34.